The number of hydrogen-bond donors (Lipinski definition) is 3. The van der Waals surface area contributed by atoms with Crippen LogP contribution in [0.1, 0.15) is 20.8 Å². The Morgan fingerprint density at radius 2 is 2.11 bits per heavy atom. The summed E-state index contributed by atoms with van der Waals surface area (Å²) in [6.45, 7) is 0. The van der Waals surface area contributed by atoms with Crippen LogP contribution in [0.2, 0.25) is 0 Å². The number of hydrogen-bond acceptors (Lipinski definition) is 3. The van der Waals surface area contributed by atoms with Gasteiger partial charge in [-0.05, 0) is 40.8 Å². The third-order valence-corrected chi connectivity index (χ3v) is 3.12. The molecule has 1 aromatic heterocycles. The second-order valence-electron chi connectivity index (χ2n) is 3.55. The van der Waals surface area contributed by atoms with Crippen molar-refractivity contribution in [2.24, 2.45) is 0 Å². The number of aromatic nitrogens is 2. The Bertz CT molecular complexity index is 656. The monoisotopic (exact) mass is 375 g/mol. The molecule has 0 saturated carbocycles. The van der Waals surface area contributed by atoms with Gasteiger partial charge in [0.25, 0.3) is 5.91 Å². The van der Waals surface area contributed by atoms with Gasteiger partial charge in [-0.25, -0.2) is 9.18 Å². The van der Waals surface area contributed by atoms with Gasteiger partial charge in [-0.2, -0.15) is 5.10 Å². The highest BCUT2D eigenvalue weighted by molar-refractivity contribution is 14.1. The van der Waals surface area contributed by atoms with Gasteiger partial charge in [0, 0.05) is 9.64 Å². The number of aromatic amines is 1. The van der Waals surface area contributed by atoms with Gasteiger partial charge < -0.3 is 10.4 Å². The van der Waals surface area contributed by atoms with Gasteiger partial charge >= 0.3 is 5.97 Å². The molecule has 0 aliphatic heterocycles. The molecule has 0 unspecified atom stereocenters. The van der Waals surface area contributed by atoms with Crippen molar-refractivity contribution in [3.63, 3.8) is 0 Å². The lowest BCUT2D eigenvalue weighted by molar-refractivity contribution is 0.0690. The van der Waals surface area contributed by atoms with E-state index in [4.69, 9.17) is 5.11 Å². The molecule has 0 spiro atoms. The summed E-state index contributed by atoms with van der Waals surface area (Å²) >= 11 is 1.84. The third-order valence-electron chi connectivity index (χ3n) is 2.23. The highest BCUT2D eigenvalue weighted by Gasteiger charge is 2.14. The Morgan fingerprint density at radius 3 is 2.68 bits per heavy atom. The fourth-order valence-corrected chi connectivity index (χ4v) is 2.07. The molecule has 1 amide bonds. The first-order valence-electron chi connectivity index (χ1n) is 5.02. The Labute approximate surface area is 120 Å². The molecular weight excluding hydrogens is 368 g/mol. The molecule has 0 atom stereocenters. The predicted octanol–water partition coefficient (Wildman–Crippen LogP) is 2.10. The Kier molecular flexibility index (Phi) is 3.79. The smallest absolute Gasteiger partial charge is 0.353 e. The zero-order valence-corrected chi connectivity index (χ0v) is 11.4. The molecule has 0 aliphatic rings. The SMILES string of the molecule is O=C(O)c1cc(NC(=O)c2ccc(F)cc2I)n[nH]1. The number of H-pyrrole nitrogens is 1. The van der Waals surface area contributed by atoms with Gasteiger partial charge in [0.2, 0.25) is 0 Å². The number of carboxylic acid groups (broad SMARTS) is 1. The van der Waals surface area contributed by atoms with Gasteiger partial charge in [-0.15, -0.1) is 0 Å². The fraction of sp³-hybridized carbons (Fsp3) is 0. The van der Waals surface area contributed by atoms with E-state index in [2.05, 4.69) is 15.5 Å². The number of halogens is 2. The first-order valence-corrected chi connectivity index (χ1v) is 6.10. The largest absolute Gasteiger partial charge is 0.477 e. The maximum Gasteiger partial charge on any atom is 0.353 e. The second kappa shape index (κ2) is 5.34. The van der Waals surface area contributed by atoms with E-state index >= 15 is 0 Å². The first-order chi connectivity index (χ1) is 8.97. The van der Waals surface area contributed by atoms with Crippen molar-refractivity contribution >= 4 is 40.3 Å². The summed E-state index contributed by atoms with van der Waals surface area (Å²) in [7, 11) is 0. The number of rotatable bonds is 3. The lowest BCUT2D eigenvalue weighted by atomic mass is 10.2. The highest BCUT2D eigenvalue weighted by Crippen LogP contribution is 2.16. The van der Waals surface area contributed by atoms with Crippen LogP contribution in [0.4, 0.5) is 10.2 Å². The topological polar surface area (TPSA) is 95.1 Å². The number of nitrogens with one attached hydrogen (secondary N) is 2. The normalized spacial score (nSPS) is 10.2. The molecule has 0 radical (unpaired) electrons. The van der Waals surface area contributed by atoms with Crippen molar-refractivity contribution < 1.29 is 19.1 Å². The van der Waals surface area contributed by atoms with Crippen LogP contribution in [0.5, 0.6) is 0 Å². The fourth-order valence-electron chi connectivity index (χ4n) is 1.35. The second-order valence-corrected chi connectivity index (χ2v) is 4.71. The van der Waals surface area contributed by atoms with Crippen molar-refractivity contribution in [2.45, 2.75) is 0 Å². The maximum absolute atomic E-state index is 12.9. The van der Waals surface area contributed by atoms with E-state index in [0.717, 1.165) is 0 Å². The molecule has 0 fully saturated rings. The molecule has 8 heteroatoms. The highest BCUT2D eigenvalue weighted by atomic mass is 127. The molecule has 98 valence electrons. The average molecular weight is 375 g/mol. The molecule has 19 heavy (non-hydrogen) atoms. The summed E-state index contributed by atoms with van der Waals surface area (Å²) in [5.74, 6) is -2.02. The van der Waals surface area contributed by atoms with Crippen molar-refractivity contribution in [1.29, 1.82) is 0 Å². The van der Waals surface area contributed by atoms with E-state index in [-0.39, 0.29) is 17.1 Å². The molecule has 0 saturated heterocycles. The molecule has 0 bridgehead atoms. The molecule has 3 N–H and O–H groups in total. The van der Waals surface area contributed by atoms with Crippen molar-refractivity contribution in [3.05, 3.63) is 44.9 Å². The summed E-state index contributed by atoms with van der Waals surface area (Å²) in [4.78, 5) is 22.5. The lowest BCUT2D eigenvalue weighted by Crippen LogP contribution is -2.13. The minimum absolute atomic E-state index is 0.0857. The average Bonchev–Trinajstić information content (AvgIpc) is 2.77. The molecule has 2 rings (SSSR count). The van der Waals surface area contributed by atoms with Crippen LogP contribution < -0.4 is 5.32 Å². The van der Waals surface area contributed by atoms with Crippen molar-refractivity contribution in [3.8, 4) is 0 Å². The van der Waals surface area contributed by atoms with Crippen LogP contribution in [-0.4, -0.2) is 27.2 Å². The van der Waals surface area contributed by atoms with E-state index < -0.39 is 17.7 Å². The quantitative estimate of drug-likeness (QED) is 0.717. The van der Waals surface area contributed by atoms with Crippen molar-refractivity contribution in [1.82, 2.24) is 10.2 Å². The maximum atomic E-state index is 12.9. The number of anilines is 1. The summed E-state index contributed by atoms with van der Waals surface area (Å²) in [5, 5.41) is 17.0. The van der Waals surface area contributed by atoms with E-state index in [1.807, 2.05) is 22.6 Å². The van der Waals surface area contributed by atoms with E-state index in [1.165, 1.54) is 24.3 Å². The standard InChI is InChI=1S/C11H7FIN3O3/c12-5-1-2-6(7(13)3-5)10(17)14-9-4-8(11(18)19)15-16-9/h1-4H,(H,18,19)(H2,14,15,16,17). The molecule has 0 aliphatic carbocycles. The number of amides is 1. The Morgan fingerprint density at radius 1 is 1.37 bits per heavy atom. The predicted molar refractivity (Wildman–Crippen MR) is 72.6 cm³/mol. The van der Waals surface area contributed by atoms with E-state index in [0.29, 0.717) is 3.57 Å². The lowest BCUT2D eigenvalue weighted by Gasteiger charge is -2.04. The van der Waals surface area contributed by atoms with Crippen LogP contribution in [0.15, 0.2) is 24.3 Å². The molecule has 1 heterocycles. The van der Waals surface area contributed by atoms with Gasteiger partial charge in [-0.3, -0.25) is 9.89 Å². The number of nitrogens with zero attached hydrogens (tertiary/aromatic N) is 1. The first kappa shape index (κ1) is 13.5. The van der Waals surface area contributed by atoms with Gasteiger partial charge in [-0.1, -0.05) is 0 Å². The number of benzene rings is 1. The van der Waals surface area contributed by atoms with Gasteiger partial charge in [0.15, 0.2) is 5.82 Å². The minimum atomic E-state index is -1.18. The zero-order valence-electron chi connectivity index (χ0n) is 9.28. The Hall–Kier alpha value is -1.97. The third kappa shape index (κ3) is 3.08. The number of carbonyl (C=O) groups excluding carboxylic acids is 1. The summed E-state index contributed by atoms with van der Waals surface area (Å²) in [5.41, 5.74) is 0.144. The van der Waals surface area contributed by atoms with Crippen LogP contribution >= 0.6 is 22.6 Å². The summed E-state index contributed by atoms with van der Waals surface area (Å²) < 4.78 is 13.4. The minimum Gasteiger partial charge on any atom is -0.477 e. The van der Waals surface area contributed by atoms with Crippen molar-refractivity contribution in [2.75, 3.05) is 5.32 Å². The summed E-state index contributed by atoms with van der Waals surface area (Å²) in [6.07, 6.45) is 0. The van der Waals surface area contributed by atoms with E-state index in [9.17, 15) is 14.0 Å². The van der Waals surface area contributed by atoms with Gasteiger partial charge in [0.05, 0.1) is 5.56 Å². The van der Waals surface area contributed by atoms with E-state index in [1.54, 1.807) is 0 Å². The summed E-state index contributed by atoms with van der Waals surface area (Å²) in [6, 6.07) is 4.93. The number of carbonyl (C=O) groups is 2. The molecule has 1 aromatic carbocycles. The van der Waals surface area contributed by atoms with Crippen LogP contribution in [-0.2, 0) is 0 Å². The number of carboxylic acids is 1. The Balaban J connectivity index is 2.18. The molecular formula is C11H7FIN3O3. The van der Waals surface area contributed by atoms with Crippen LogP contribution in [0.3, 0.4) is 0 Å². The molecule has 2 aromatic rings. The van der Waals surface area contributed by atoms with Gasteiger partial charge in [0.1, 0.15) is 11.5 Å². The number of aromatic carboxylic acids is 1. The van der Waals surface area contributed by atoms with Crippen LogP contribution in [0.25, 0.3) is 0 Å². The molecule has 6 nitrogen and oxygen atoms in total. The van der Waals surface area contributed by atoms with Crippen LogP contribution in [0, 0.1) is 9.39 Å². The zero-order chi connectivity index (χ0) is 14.0.